The van der Waals surface area contributed by atoms with E-state index in [0.29, 0.717) is 19.5 Å². The number of piperidine rings is 1. The maximum absolute atomic E-state index is 13.6. The van der Waals surface area contributed by atoms with E-state index in [1.165, 1.54) is 0 Å². The van der Waals surface area contributed by atoms with Crippen LogP contribution in [0.15, 0.2) is 18.2 Å². The summed E-state index contributed by atoms with van der Waals surface area (Å²) in [5, 5.41) is 8.71. The van der Waals surface area contributed by atoms with Crippen LogP contribution in [0.3, 0.4) is 0 Å². The lowest BCUT2D eigenvalue weighted by Gasteiger charge is -2.32. The number of likely N-dealkylation sites (tertiary alicyclic amines) is 1. The highest BCUT2D eigenvalue weighted by atomic mass is 19.1. The fraction of sp³-hybridized carbons (Fsp3) is 0.500. The van der Waals surface area contributed by atoms with E-state index in [-0.39, 0.29) is 30.2 Å². The molecule has 0 spiro atoms. The standard InChI is InChI=1S/C16H19F2NO3/c17-13-4-5-14(18)12(8-13)9-15(20)19-7-1-2-11(10-19)3-6-16(21)22/h4-5,8,11H,1-3,6-7,9-10H2,(H,21,22)/t11-/m0/s1. The summed E-state index contributed by atoms with van der Waals surface area (Å²) in [6, 6.07) is 3.08. The Morgan fingerprint density at radius 3 is 2.82 bits per heavy atom. The fourth-order valence-electron chi connectivity index (χ4n) is 2.81. The first-order chi connectivity index (χ1) is 10.5. The quantitative estimate of drug-likeness (QED) is 0.909. The molecule has 0 saturated carbocycles. The van der Waals surface area contributed by atoms with Gasteiger partial charge in [-0.2, -0.15) is 0 Å². The van der Waals surface area contributed by atoms with E-state index in [2.05, 4.69) is 0 Å². The summed E-state index contributed by atoms with van der Waals surface area (Å²) in [6.45, 7) is 1.07. The summed E-state index contributed by atoms with van der Waals surface area (Å²) in [6.07, 6.45) is 2.15. The molecule has 1 aromatic carbocycles. The number of rotatable bonds is 5. The van der Waals surface area contributed by atoms with Gasteiger partial charge in [-0.1, -0.05) is 0 Å². The second-order valence-electron chi connectivity index (χ2n) is 5.69. The Hall–Kier alpha value is -1.98. The van der Waals surface area contributed by atoms with Crippen molar-refractivity contribution in [3.05, 3.63) is 35.4 Å². The second-order valence-corrected chi connectivity index (χ2v) is 5.69. The highest BCUT2D eigenvalue weighted by molar-refractivity contribution is 5.79. The van der Waals surface area contributed by atoms with Gasteiger partial charge >= 0.3 is 5.97 Å². The summed E-state index contributed by atoms with van der Waals surface area (Å²) in [5.41, 5.74) is 0.0534. The molecule has 0 aliphatic carbocycles. The van der Waals surface area contributed by atoms with Gasteiger partial charge in [-0.15, -0.1) is 0 Å². The molecule has 2 rings (SSSR count). The van der Waals surface area contributed by atoms with Gasteiger partial charge in [-0.05, 0) is 43.4 Å². The Bertz CT molecular complexity index is 562. The minimum Gasteiger partial charge on any atom is -0.481 e. The molecule has 0 aromatic heterocycles. The third kappa shape index (κ3) is 4.51. The van der Waals surface area contributed by atoms with Crippen LogP contribution in [0.1, 0.15) is 31.2 Å². The van der Waals surface area contributed by atoms with E-state index in [1.54, 1.807) is 4.90 Å². The second kappa shape index (κ2) is 7.33. The number of aliphatic carboxylic acids is 1. The highest BCUT2D eigenvalue weighted by Crippen LogP contribution is 2.22. The highest BCUT2D eigenvalue weighted by Gasteiger charge is 2.24. The monoisotopic (exact) mass is 311 g/mol. The van der Waals surface area contributed by atoms with Crippen molar-refractivity contribution in [1.82, 2.24) is 4.90 Å². The van der Waals surface area contributed by atoms with Gasteiger partial charge in [-0.25, -0.2) is 8.78 Å². The van der Waals surface area contributed by atoms with Gasteiger partial charge in [0.1, 0.15) is 11.6 Å². The summed E-state index contributed by atoms with van der Waals surface area (Å²) in [4.78, 5) is 24.5. The topological polar surface area (TPSA) is 57.6 Å². The number of carbonyl (C=O) groups excluding carboxylic acids is 1. The van der Waals surface area contributed by atoms with Gasteiger partial charge in [0.2, 0.25) is 5.91 Å². The Morgan fingerprint density at radius 1 is 1.32 bits per heavy atom. The molecular weight excluding hydrogens is 292 g/mol. The molecule has 0 unspecified atom stereocenters. The number of carbonyl (C=O) groups is 2. The molecule has 1 aliphatic rings. The molecule has 1 saturated heterocycles. The van der Waals surface area contributed by atoms with Crippen LogP contribution in [0.4, 0.5) is 8.78 Å². The van der Waals surface area contributed by atoms with Crippen LogP contribution in [-0.2, 0) is 16.0 Å². The minimum atomic E-state index is -0.842. The zero-order valence-corrected chi connectivity index (χ0v) is 12.2. The van der Waals surface area contributed by atoms with Crippen LogP contribution in [-0.4, -0.2) is 35.0 Å². The van der Waals surface area contributed by atoms with E-state index in [1.807, 2.05) is 0 Å². The molecule has 6 heteroatoms. The fourth-order valence-corrected chi connectivity index (χ4v) is 2.81. The number of halogens is 2. The van der Waals surface area contributed by atoms with Crippen molar-refractivity contribution in [3.63, 3.8) is 0 Å². The third-order valence-corrected chi connectivity index (χ3v) is 3.99. The van der Waals surface area contributed by atoms with E-state index in [4.69, 9.17) is 5.11 Å². The van der Waals surface area contributed by atoms with E-state index >= 15 is 0 Å². The van der Waals surface area contributed by atoms with Crippen LogP contribution in [0.5, 0.6) is 0 Å². The van der Waals surface area contributed by atoms with E-state index in [0.717, 1.165) is 31.0 Å². The van der Waals surface area contributed by atoms with Crippen molar-refractivity contribution in [2.45, 2.75) is 32.1 Å². The molecule has 1 heterocycles. The van der Waals surface area contributed by atoms with Crippen molar-refractivity contribution >= 4 is 11.9 Å². The molecule has 4 nitrogen and oxygen atoms in total. The van der Waals surface area contributed by atoms with E-state index in [9.17, 15) is 18.4 Å². The van der Waals surface area contributed by atoms with Crippen molar-refractivity contribution in [2.75, 3.05) is 13.1 Å². The molecule has 1 amide bonds. The van der Waals surface area contributed by atoms with Gasteiger partial charge in [0.15, 0.2) is 0 Å². The Labute approximate surface area is 127 Å². The minimum absolute atomic E-state index is 0.0534. The molecule has 22 heavy (non-hydrogen) atoms. The average molecular weight is 311 g/mol. The molecule has 1 fully saturated rings. The van der Waals surface area contributed by atoms with Gasteiger partial charge in [0.05, 0.1) is 6.42 Å². The van der Waals surface area contributed by atoms with Gasteiger partial charge in [0.25, 0.3) is 0 Å². The molecule has 0 radical (unpaired) electrons. The van der Waals surface area contributed by atoms with Crippen LogP contribution >= 0.6 is 0 Å². The van der Waals surface area contributed by atoms with E-state index < -0.39 is 17.6 Å². The molecule has 0 bridgehead atoms. The maximum Gasteiger partial charge on any atom is 0.303 e. The molecule has 120 valence electrons. The SMILES string of the molecule is O=C(O)CC[C@@H]1CCCN(C(=O)Cc2cc(F)ccc2F)C1. The Morgan fingerprint density at radius 2 is 2.09 bits per heavy atom. The first kappa shape index (κ1) is 16.4. The lowest BCUT2D eigenvalue weighted by Crippen LogP contribution is -2.41. The van der Waals surface area contributed by atoms with Gasteiger partial charge < -0.3 is 10.0 Å². The van der Waals surface area contributed by atoms with Crippen molar-refractivity contribution < 1.29 is 23.5 Å². The van der Waals surface area contributed by atoms with Crippen LogP contribution in [0.2, 0.25) is 0 Å². The zero-order valence-electron chi connectivity index (χ0n) is 12.2. The predicted octanol–water partition coefficient (Wildman–Crippen LogP) is 2.61. The summed E-state index contributed by atoms with van der Waals surface area (Å²) in [7, 11) is 0. The molecule has 1 aliphatic heterocycles. The van der Waals surface area contributed by atoms with Gasteiger partial charge in [0, 0.05) is 25.1 Å². The van der Waals surface area contributed by atoms with Crippen molar-refractivity contribution in [3.8, 4) is 0 Å². The normalized spacial score (nSPS) is 18.3. The molecule has 1 N–H and O–H groups in total. The number of hydrogen-bond donors (Lipinski definition) is 1. The Kier molecular flexibility index (Phi) is 5.46. The van der Waals surface area contributed by atoms with Crippen LogP contribution < -0.4 is 0 Å². The molecule has 1 aromatic rings. The molecule has 1 atom stereocenters. The number of amides is 1. The number of carboxylic acids is 1. The maximum atomic E-state index is 13.6. The lowest BCUT2D eigenvalue weighted by molar-refractivity contribution is -0.137. The third-order valence-electron chi connectivity index (χ3n) is 3.99. The number of nitrogens with zero attached hydrogens (tertiary/aromatic N) is 1. The zero-order chi connectivity index (χ0) is 16.1. The molecular formula is C16H19F2NO3. The van der Waals surface area contributed by atoms with Crippen LogP contribution in [0, 0.1) is 17.6 Å². The van der Waals surface area contributed by atoms with Crippen LogP contribution in [0.25, 0.3) is 0 Å². The number of benzene rings is 1. The predicted molar refractivity (Wildman–Crippen MR) is 76.2 cm³/mol. The number of carboxylic acid groups (broad SMARTS) is 1. The Balaban J connectivity index is 1.94. The largest absolute Gasteiger partial charge is 0.481 e. The average Bonchev–Trinajstić information content (AvgIpc) is 2.49. The first-order valence-corrected chi connectivity index (χ1v) is 7.39. The summed E-state index contributed by atoms with van der Waals surface area (Å²) >= 11 is 0. The first-order valence-electron chi connectivity index (χ1n) is 7.39. The van der Waals surface area contributed by atoms with Gasteiger partial charge in [-0.3, -0.25) is 9.59 Å². The summed E-state index contributed by atoms with van der Waals surface area (Å²) < 4.78 is 26.7. The van der Waals surface area contributed by atoms with Crippen molar-refractivity contribution in [2.24, 2.45) is 5.92 Å². The van der Waals surface area contributed by atoms with Crippen molar-refractivity contribution in [1.29, 1.82) is 0 Å². The summed E-state index contributed by atoms with van der Waals surface area (Å²) in [5.74, 6) is -2.09. The number of hydrogen-bond acceptors (Lipinski definition) is 2. The smallest absolute Gasteiger partial charge is 0.303 e. The lowest BCUT2D eigenvalue weighted by atomic mass is 9.93.